The molecule has 0 saturated heterocycles. The van der Waals surface area contributed by atoms with Gasteiger partial charge in [0.1, 0.15) is 22.3 Å². The van der Waals surface area contributed by atoms with Crippen LogP contribution in [0.15, 0.2) is 259 Å². The predicted molar refractivity (Wildman–Crippen MR) is 281 cm³/mol. The topological polar surface area (TPSA) is 36.1 Å². The lowest BCUT2D eigenvalue weighted by Crippen LogP contribution is -2.05. The Balaban J connectivity index is 0.00000220. The Morgan fingerprint density at radius 2 is 0.567 bits per heavy atom. The molecule has 67 heavy (non-hydrogen) atoms. The van der Waals surface area contributed by atoms with Gasteiger partial charge in [-0.1, -0.05) is 123 Å². The van der Waals surface area contributed by atoms with Crippen LogP contribution in [0.4, 0.5) is 0 Å². The Kier molecular flexibility index (Phi) is 9.02. The number of benzene rings is 10. The molecule has 0 fully saturated rings. The molecule has 0 amide bonds. The molecule has 320 valence electrons. The second-order valence-electron chi connectivity index (χ2n) is 16.9. The Morgan fingerprint density at radius 1 is 0.269 bits per heavy atom. The fourth-order valence-corrected chi connectivity index (χ4v) is 14.5. The van der Waals surface area contributed by atoms with Gasteiger partial charge in [-0.25, -0.2) is 0 Å². The SMILES string of the molecule is CC.c1ccc(S(c2ccccc2)(c2ccc3oc4ccc(-n5c6ccccc6c6ccccc65)cc4c3c2)c2ccc3oc4ccc(-n5c6ccccc6c6ccccc65)cc4c3c2)cc1. The van der Waals surface area contributed by atoms with Crippen LogP contribution in [0, 0.1) is 0 Å². The van der Waals surface area contributed by atoms with Crippen LogP contribution in [-0.2, 0) is 0 Å². The van der Waals surface area contributed by atoms with Crippen LogP contribution in [0.2, 0.25) is 0 Å². The molecule has 0 unspecified atom stereocenters. The third-order valence-corrected chi connectivity index (χ3v) is 17.3. The quantitative estimate of drug-likeness (QED) is 0.167. The summed E-state index contributed by atoms with van der Waals surface area (Å²) < 4.78 is 18.1. The molecule has 0 atom stereocenters. The molecule has 0 aliphatic heterocycles. The second kappa shape index (κ2) is 15.4. The third-order valence-electron chi connectivity index (χ3n) is 13.4. The van der Waals surface area contributed by atoms with Crippen molar-refractivity contribution < 1.29 is 8.83 Å². The van der Waals surface area contributed by atoms with E-state index >= 15 is 0 Å². The van der Waals surface area contributed by atoms with Crippen LogP contribution in [0.5, 0.6) is 0 Å². The number of furan rings is 2. The maximum atomic E-state index is 6.66. The van der Waals surface area contributed by atoms with E-state index in [4.69, 9.17) is 8.83 Å². The lowest BCUT2D eigenvalue weighted by atomic mass is 10.1. The first kappa shape index (κ1) is 39.1. The van der Waals surface area contributed by atoms with Crippen molar-refractivity contribution in [1.82, 2.24) is 9.13 Å². The van der Waals surface area contributed by atoms with Crippen molar-refractivity contribution in [3.8, 4) is 11.4 Å². The molecule has 4 aromatic heterocycles. The van der Waals surface area contributed by atoms with Gasteiger partial charge in [0.05, 0.1) is 22.1 Å². The normalized spacial score (nSPS) is 12.3. The van der Waals surface area contributed by atoms with Gasteiger partial charge in [-0.05, 0) is 121 Å². The molecular weight excluding hydrogens is 837 g/mol. The molecule has 0 bridgehead atoms. The minimum Gasteiger partial charge on any atom is -0.456 e. The van der Waals surface area contributed by atoms with Crippen LogP contribution < -0.4 is 0 Å². The zero-order valence-corrected chi connectivity index (χ0v) is 37.9. The van der Waals surface area contributed by atoms with Gasteiger partial charge >= 0.3 is 0 Å². The highest BCUT2D eigenvalue weighted by molar-refractivity contribution is 8.34. The van der Waals surface area contributed by atoms with E-state index in [-0.39, 0.29) is 0 Å². The van der Waals surface area contributed by atoms with E-state index in [0.717, 1.165) is 55.3 Å². The molecule has 0 aliphatic rings. The zero-order valence-electron chi connectivity index (χ0n) is 37.1. The van der Waals surface area contributed by atoms with Gasteiger partial charge < -0.3 is 18.0 Å². The number of fused-ring (bicyclic) bond motifs is 12. The Labute approximate surface area is 388 Å². The van der Waals surface area contributed by atoms with Crippen molar-refractivity contribution in [2.75, 3.05) is 0 Å². The number of aromatic nitrogens is 2. The Hall–Kier alpha value is -8.25. The summed E-state index contributed by atoms with van der Waals surface area (Å²) in [7, 11) is -2.10. The molecule has 10 aromatic carbocycles. The number of hydrogen-bond acceptors (Lipinski definition) is 2. The molecule has 5 heteroatoms. The lowest BCUT2D eigenvalue weighted by molar-refractivity contribution is 0.668. The number of hydrogen-bond donors (Lipinski definition) is 0. The number of nitrogens with zero attached hydrogens (tertiary/aromatic N) is 2. The van der Waals surface area contributed by atoms with Gasteiger partial charge in [0.2, 0.25) is 0 Å². The predicted octanol–water partition coefficient (Wildman–Crippen LogP) is 18.0. The van der Waals surface area contributed by atoms with Gasteiger partial charge in [-0.3, -0.25) is 0 Å². The highest BCUT2D eigenvalue weighted by atomic mass is 32.3. The number of rotatable bonds is 6. The van der Waals surface area contributed by atoms with E-state index < -0.39 is 10.0 Å². The summed E-state index contributed by atoms with van der Waals surface area (Å²) in [4.78, 5) is 4.96. The van der Waals surface area contributed by atoms with Crippen LogP contribution in [0.25, 0.3) is 98.9 Å². The molecule has 0 radical (unpaired) electrons. The molecule has 4 nitrogen and oxygen atoms in total. The summed E-state index contributed by atoms with van der Waals surface area (Å²) in [6.07, 6.45) is 0. The van der Waals surface area contributed by atoms with Crippen LogP contribution in [0.1, 0.15) is 13.8 Å². The van der Waals surface area contributed by atoms with Crippen molar-refractivity contribution in [3.63, 3.8) is 0 Å². The maximum Gasteiger partial charge on any atom is 0.135 e. The van der Waals surface area contributed by atoms with Gasteiger partial charge in [0, 0.05) is 74.0 Å². The van der Waals surface area contributed by atoms with Crippen molar-refractivity contribution in [3.05, 3.63) is 231 Å². The van der Waals surface area contributed by atoms with Crippen LogP contribution in [0.3, 0.4) is 0 Å². The molecule has 0 aliphatic carbocycles. The van der Waals surface area contributed by atoms with E-state index in [9.17, 15) is 0 Å². The molecule has 0 saturated carbocycles. The first-order valence-electron chi connectivity index (χ1n) is 23.1. The minimum atomic E-state index is -2.10. The van der Waals surface area contributed by atoms with E-state index in [2.05, 4.69) is 240 Å². The first-order valence-corrected chi connectivity index (χ1v) is 24.7. The lowest BCUT2D eigenvalue weighted by Gasteiger charge is -2.42. The molecule has 14 rings (SSSR count). The fourth-order valence-electron chi connectivity index (χ4n) is 10.6. The summed E-state index contributed by atoms with van der Waals surface area (Å²) in [5, 5.41) is 9.33. The Bertz CT molecular complexity index is 3810. The summed E-state index contributed by atoms with van der Waals surface area (Å²) in [5.41, 5.74) is 10.4. The summed E-state index contributed by atoms with van der Waals surface area (Å²) >= 11 is 0. The summed E-state index contributed by atoms with van der Waals surface area (Å²) in [5.74, 6) is 0. The van der Waals surface area contributed by atoms with Crippen LogP contribution >= 0.6 is 10.0 Å². The minimum absolute atomic E-state index is 0.867. The molecular formula is C62H44N2O2S. The Morgan fingerprint density at radius 3 is 0.925 bits per heavy atom. The largest absolute Gasteiger partial charge is 0.456 e. The summed E-state index contributed by atoms with van der Waals surface area (Å²) in [6, 6.07) is 83.9. The molecule has 14 aromatic rings. The van der Waals surface area contributed by atoms with Crippen molar-refractivity contribution in [2.45, 2.75) is 33.4 Å². The average molecular weight is 881 g/mol. The van der Waals surface area contributed by atoms with E-state index in [1.807, 2.05) is 13.8 Å². The van der Waals surface area contributed by atoms with Gasteiger partial charge in [0.25, 0.3) is 0 Å². The van der Waals surface area contributed by atoms with E-state index in [0.29, 0.717) is 0 Å². The maximum absolute atomic E-state index is 6.66. The molecule has 4 heterocycles. The highest BCUT2D eigenvalue weighted by Gasteiger charge is 2.34. The number of para-hydroxylation sites is 4. The fraction of sp³-hybridized carbons (Fsp3) is 0.0323. The van der Waals surface area contributed by atoms with Gasteiger partial charge in [0.15, 0.2) is 0 Å². The smallest absolute Gasteiger partial charge is 0.135 e. The zero-order chi connectivity index (χ0) is 44.6. The monoisotopic (exact) mass is 880 g/mol. The molecule has 0 N–H and O–H groups in total. The van der Waals surface area contributed by atoms with Crippen LogP contribution in [-0.4, -0.2) is 9.13 Å². The van der Waals surface area contributed by atoms with E-state index in [1.54, 1.807) is 0 Å². The third kappa shape index (κ3) is 5.81. The average Bonchev–Trinajstić information content (AvgIpc) is 4.15. The standard InChI is InChI=1S/C60H38N2O2S.C2H6/c1-3-15-41(16-4-1)65(42-17-5-2-6-18-42,43-29-33-59-51(37-43)49-35-39(27-31-57(49)63-59)61-53-23-11-7-19-45(53)46-20-8-12-24-54(46)61)44-30-34-60-52(38-44)50-36-40(28-32-58(50)64-60)62-55-25-13-9-21-47(55)48-22-10-14-26-56(48)62;1-2/h1-38H;1-2H3. The van der Waals surface area contributed by atoms with Crippen molar-refractivity contribution >= 4 is 97.5 Å². The van der Waals surface area contributed by atoms with Gasteiger partial charge in [-0.2, -0.15) is 0 Å². The second-order valence-corrected chi connectivity index (χ2v) is 20.0. The van der Waals surface area contributed by atoms with E-state index in [1.165, 1.54) is 63.2 Å². The molecule has 0 spiro atoms. The van der Waals surface area contributed by atoms with Crippen molar-refractivity contribution in [2.24, 2.45) is 0 Å². The van der Waals surface area contributed by atoms with Crippen molar-refractivity contribution in [1.29, 1.82) is 0 Å². The summed E-state index contributed by atoms with van der Waals surface area (Å²) in [6.45, 7) is 4.00. The first-order chi connectivity index (χ1) is 33.2. The van der Waals surface area contributed by atoms with Gasteiger partial charge in [-0.15, -0.1) is 10.0 Å². The highest BCUT2D eigenvalue weighted by Crippen LogP contribution is 2.74.